The topological polar surface area (TPSA) is 74.6 Å². The molecule has 3 aromatic rings. The van der Waals surface area contributed by atoms with Crippen molar-refractivity contribution in [1.82, 2.24) is 15.1 Å². The monoisotopic (exact) mass is 413 g/mol. The number of nitrogens with one attached hydrogen (secondary N) is 1. The standard InChI is InChI=1S/C22H24FN3O4/c1-13(15-10-19(28-3)21(30-5)20(11-15)29-4)25-22(27)18-12-24-26(14(18)2)17-8-6-16(23)7-9-17/h6-13H,1-5H3,(H,25,27). The Hall–Kier alpha value is -3.55. The molecular weight excluding hydrogens is 389 g/mol. The Morgan fingerprint density at radius 3 is 2.20 bits per heavy atom. The van der Waals surface area contributed by atoms with Crippen LogP contribution < -0.4 is 19.5 Å². The highest BCUT2D eigenvalue weighted by Gasteiger charge is 2.20. The fourth-order valence-corrected chi connectivity index (χ4v) is 3.18. The van der Waals surface area contributed by atoms with Gasteiger partial charge < -0.3 is 19.5 Å². The first-order valence-corrected chi connectivity index (χ1v) is 9.31. The Morgan fingerprint density at radius 1 is 1.07 bits per heavy atom. The Labute approximate surface area is 174 Å². The van der Waals surface area contributed by atoms with Gasteiger partial charge in [0.25, 0.3) is 5.91 Å². The number of ether oxygens (including phenoxy) is 3. The third-order valence-electron chi connectivity index (χ3n) is 4.86. The van der Waals surface area contributed by atoms with Gasteiger partial charge in [-0.3, -0.25) is 4.79 Å². The lowest BCUT2D eigenvalue weighted by Crippen LogP contribution is -2.27. The maximum Gasteiger partial charge on any atom is 0.255 e. The number of carbonyl (C=O) groups excluding carboxylic acids is 1. The number of nitrogens with zero attached hydrogens (tertiary/aromatic N) is 2. The number of rotatable bonds is 7. The summed E-state index contributed by atoms with van der Waals surface area (Å²) in [6.07, 6.45) is 1.50. The van der Waals surface area contributed by atoms with E-state index in [0.717, 1.165) is 5.56 Å². The Morgan fingerprint density at radius 2 is 1.67 bits per heavy atom. The van der Waals surface area contributed by atoms with Gasteiger partial charge in [-0.2, -0.15) is 5.10 Å². The van der Waals surface area contributed by atoms with Gasteiger partial charge in [0.05, 0.1) is 50.5 Å². The zero-order valence-corrected chi connectivity index (χ0v) is 17.5. The van der Waals surface area contributed by atoms with Crippen LogP contribution in [0.5, 0.6) is 17.2 Å². The predicted octanol–water partition coefficient (Wildman–Crippen LogP) is 3.84. The van der Waals surface area contributed by atoms with E-state index in [-0.39, 0.29) is 17.8 Å². The lowest BCUT2D eigenvalue weighted by atomic mass is 10.1. The number of hydrogen-bond donors (Lipinski definition) is 1. The normalized spacial score (nSPS) is 11.7. The smallest absolute Gasteiger partial charge is 0.255 e. The molecule has 158 valence electrons. The van der Waals surface area contributed by atoms with Crippen LogP contribution >= 0.6 is 0 Å². The SMILES string of the molecule is COc1cc(C(C)NC(=O)c2cnn(-c3ccc(F)cc3)c2C)cc(OC)c1OC. The van der Waals surface area contributed by atoms with Gasteiger partial charge in [-0.1, -0.05) is 0 Å². The van der Waals surface area contributed by atoms with Gasteiger partial charge in [0.2, 0.25) is 5.75 Å². The summed E-state index contributed by atoms with van der Waals surface area (Å²) >= 11 is 0. The van der Waals surface area contributed by atoms with Crippen LogP contribution in [0.1, 0.15) is 34.6 Å². The molecular formula is C22H24FN3O4. The van der Waals surface area contributed by atoms with Gasteiger partial charge >= 0.3 is 0 Å². The molecule has 0 bridgehead atoms. The number of halogens is 1. The number of aromatic nitrogens is 2. The van der Waals surface area contributed by atoms with Crippen molar-refractivity contribution in [1.29, 1.82) is 0 Å². The van der Waals surface area contributed by atoms with Crippen molar-refractivity contribution in [3.8, 4) is 22.9 Å². The Bertz CT molecular complexity index is 1020. The third kappa shape index (κ3) is 4.07. The molecule has 1 atom stereocenters. The number of hydrogen-bond acceptors (Lipinski definition) is 5. The molecule has 30 heavy (non-hydrogen) atoms. The number of methoxy groups -OCH3 is 3. The average molecular weight is 413 g/mol. The lowest BCUT2D eigenvalue weighted by Gasteiger charge is -2.18. The fraction of sp³-hybridized carbons (Fsp3) is 0.273. The lowest BCUT2D eigenvalue weighted by molar-refractivity contribution is 0.0939. The van der Waals surface area contributed by atoms with E-state index in [1.54, 1.807) is 35.9 Å². The van der Waals surface area contributed by atoms with Crippen LogP contribution in [0.3, 0.4) is 0 Å². The van der Waals surface area contributed by atoms with E-state index < -0.39 is 0 Å². The van der Waals surface area contributed by atoms with E-state index in [2.05, 4.69) is 10.4 Å². The van der Waals surface area contributed by atoms with Crippen molar-refractivity contribution in [2.45, 2.75) is 19.9 Å². The molecule has 7 nitrogen and oxygen atoms in total. The Balaban J connectivity index is 1.84. The molecule has 0 aliphatic heterocycles. The average Bonchev–Trinajstić information content (AvgIpc) is 3.14. The van der Waals surface area contributed by atoms with E-state index >= 15 is 0 Å². The summed E-state index contributed by atoms with van der Waals surface area (Å²) in [6, 6.07) is 9.17. The molecule has 0 radical (unpaired) electrons. The molecule has 0 saturated heterocycles. The highest BCUT2D eigenvalue weighted by molar-refractivity contribution is 5.95. The summed E-state index contributed by atoms with van der Waals surface area (Å²) in [6.45, 7) is 3.65. The summed E-state index contributed by atoms with van der Waals surface area (Å²) < 4.78 is 30.9. The van der Waals surface area contributed by atoms with E-state index in [1.807, 2.05) is 6.92 Å². The molecule has 0 spiro atoms. The molecule has 0 aliphatic carbocycles. The minimum Gasteiger partial charge on any atom is -0.493 e. The fourth-order valence-electron chi connectivity index (χ4n) is 3.18. The minimum absolute atomic E-state index is 0.276. The predicted molar refractivity (Wildman–Crippen MR) is 110 cm³/mol. The minimum atomic E-state index is -0.334. The van der Waals surface area contributed by atoms with E-state index in [1.165, 1.54) is 39.7 Å². The summed E-state index contributed by atoms with van der Waals surface area (Å²) in [7, 11) is 4.61. The molecule has 1 unspecified atom stereocenters. The summed E-state index contributed by atoms with van der Waals surface area (Å²) in [5.74, 6) is 0.892. The first-order chi connectivity index (χ1) is 14.4. The largest absolute Gasteiger partial charge is 0.493 e. The highest BCUT2D eigenvalue weighted by atomic mass is 19.1. The molecule has 0 fully saturated rings. The van der Waals surface area contributed by atoms with Crippen LogP contribution in [-0.2, 0) is 0 Å². The molecule has 3 rings (SSSR count). The third-order valence-corrected chi connectivity index (χ3v) is 4.86. The van der Waals surface area contributed by atoms with E-state index in [4.69, 9.17) is 14.2 Å². The second-order valence-corrected chi connectivity index (χ2v) is 6.69. The van der Waals surface area contributed by atoms with Crippen molar-refractivity contribution in [2.24, 2.45) is 0 Å². The first kappa shape index (κ1) is 21.2. The number of amides is 1. The van der Waals surface area contributed by atoms with Crippen molar-refractivity contribution in [3.63, 3.8) is 0 Å². The molecule has 1 aromatic heterocycles. The molecule has 2 aromatic carbocycles. The highest BCUT2D eigenvalue weighted by Crippen LogP contribution is 2.39. The molecule has 1 amide bonds. The maximum atomic E-state index is 13.2. The van der Waals surface area contributed by atoms with Crippen LogP contribution in [0.2, 0.25) is 0 Å². The molecule has 1 N–H and O–H groups in total. The molecule has 0 saturated carbocycles. The number of benzene rings is 2. The zero-order valence-electron chi connectivity index (χ0n) is 17.5. The van der Waals surface area contributed by atoms with Crippen molar-refractivity contribution in [3.05, 3.63) is 65.2 Å². The number of carbonyl (C=O) groups is 1. The van der Waals surface area contributed by atoms with E-state index in [9.17, 15) is 9.18 Å². The van der Waals surface area contributed by atoms with Crippen molar-refractivity contribution >= 4 is 5.91 Å². The second-order valence-electron chi connectivity index (χ2n) is 6.69. The Kier molecular flexibility index (Phi) is 6.25. The van der Waals surface area contributed by atoms with E-state index in [0.29, 0.717) is 34.2 Å². The second kappa shape index (κ2) is 8.86. The van der Waals surface area contributed by atoms with Gasteiger partial charge in [-0.05, 0) is 55.8 Å². The summed E-state index contributed by atoms with van der Waals surface area (Å²) in [4.78, 5) is 12.9. The van der Waals surface area contributed by atoms with Crippen molar-refractivity contribution < 1.29 is 23.4 Å². The van der Waals surface area contributed by atoms with Gasteiger partial charge in [-0.25, -0.2) is 9.07 Å². The van der Waals surface area contributed by atoms with Crippen LogP contribution in [-0.4, -0.2) is 37.0 Å². The van der Waals surface area contributed by atoms with Gasteiger partial charge in [-0.15, -0.1) is 0 Å². The van der Waals surface area contributed by atoms with Crippen LogP contribution in [0, 0.1) is 12.7 Å². The molecule has 0 aliphatic rings. The summed E-state index contributed by atoms with van der Waals surface area (Å²) in [5.41, 5.74) is 2.54. The van der Waals surface area contributed by atoms with Gasteiger partial charge in [0.1, 0.15) is 5.82 Å². The zero-order chi connectivity index (χ0) is 21.8. The molecule has 8 heteroatoms. The van der Waals surface area contributed by atoms with Crippen LogP contribution in [0.25, 0.3) is 5.69 Å². The summed E-state index contributed by atoms with van der Waals surface area (Å²) in [5, 5.41) is 7.23. The maximum absolute atomic E-state index is 13.2. The van der Waals surface area contributed by atoms with Gasteiger partial charge in [0, 0.05) is 0 Å². The first-order valence-electron chi connectivity index (χ1n) is 9.31. The van der Waals surface area contributed by atoms with Crippen molar-refractivity contribution in [2.75, 3.05) is 21.3 Å². The quantitative estimate of drug-likeness (QED) is 0.637. The van der Waals surface area contributed by atoms with Gasteiger partial charge in [0.15, 0.2) is 11.5 Å². The van der Waals surface area contributed by atoms with Crippen LogP contribution in [0.15, 0.2) is 42.6 Å². The molecule has 1 heterocycles. The van der Waals surface area contributed by atoms with Crippen LogP contribution in [0.4, 0.5) is 4.39 Å².